The summed E-state index contributed by atoms with van der Waals surface area (Å²) in [6.45, 7) is 6.03. The van der Waals surface area contributed by atoms with E-state index in [0.29, 0.717) is 5.95 Å². The van der Waals surface area contributed by atoms with Gasteiger partial charge < -0.3 is 13.9 Å². The number of imidazole rings is 2. The minimum Gasteiger partial charge on any atom is -0.379 e. The van der Waals surface area contributed by atoms with E-state index in [4.69, 9.17) is 19.7 Å². The highest BCUT2D eigenvalue weighted by Gasteiger charge is 2.15. The van der Waals surface area contributed by atoms with Gasteiger partial charge >= 0.3 is 0 Å². The monoisotopic (exact) mass is 464 g/mol. The molecule has 176 valence electrons. The Morgan fingerprint density at radius 3 is 2.17 bits per heavy atom. The summed E-state index contributed by atoms with van der Waals surface area (Å²) in [5.74, 6) is 1.53. The van der Waals surface area contributed by atoms with Crippen molar-refractivity contribution in [3.05, 3.63) is 90.3 Å². The predicted octanol–water partition coefficient (Wildman–Crippen LogP) is 4.52. The van der Waals surface area contributed by atoms with Gasteiger partial charge in [-0.15, -0.1) is 0 Å². The fourth-order valence-electron chi connectivity index (χ4n) is 4.69. The van der Waals surface area contributed by atoms with E-state index in [1.54, 1.807) is 0 Å². The van der Waals surface area contributed by atoms with Gasteiger partial charge in [0.05, 0.1) is 41.5 Å². The van der Waals surface area contributed by atoms with Crippen molar-refractivity contribution >= 4 is 34.2 Å². The number of rotatable bonds is 7. The number of aliphatic imine (C=N–C) groups is 1. The fraction of sp³-hybridized carbons (Fsp3) is 0.250. The molecule has 3 aromatic carbocycles. The van der Waals surface area contributed by atoms with Crippen molar-refractivity contribution in [1.82, 2.24) is 24.0 Å². The first-order chi connectivity index (χ1) is 17.3. The lowest BCUT2D eigenvalue weighted by Crippen LogP contribution is -2.38. The molecular formula is C28H28N6O. The number of benzene rings is 3. The van der Waals surface area contributed by atoms with E-state index in [1.165, 1.54) is 5.56 Å². The molecule has 0 radical (unpaired) electrons. The quantitative estimate of drug-likeness (QED) is 0.333. The summed E-state index contributed by atoms with van der Waals surface area (Å²) in [5, 5.41) is 0. The lowest BCUT2D eigenvalue weighted by atomic mass is 10.2. The van der Waals surface area contributed by atoms with Crippen LogP contribution >= 0.6 is 0 Å². The van der Waals surface area contributed by atoms with Gasteiger partial charge in [0.25, 0.3) is 0 Å². The molecule has 1 saturated heterocycles. The predicted molar refractivity (Wildman–Crippen MR) is 140 cm³/mol. The van der Waals surface area contributed by atoms with Gasteiger partial charge in [0, 0.05) is 32.7 Å². The van der Waals surface area contributed by atoms with Crippen LogP contribution in [0.5, 0.6) is 0 Å². The van der Waals surface area contributed by atoms with Crippen molar-refractivity contribution < 1.29 is 4.74 Å². The molecule has 0 spiro atoms. The Balaban J connectivity index is 1.35. The Kier molecular flexibility index (Phi) is 6.09. The zero-order valence-electron chi connectivity index (χ0n) is 19.6. The summed E-state index contributed by atoms with van der Waals surface area (Å²) >= 11 is 0. The molecule has 5 aromatic rings. The van der Waals surface area contributed by atoms with E-state index >= 15 is 0 Å². The minimum absolute atomic E-state index is 0.706. The third-order valence-electron chi connectivity index (χ3n) is 6.54. The summed E-state index contributed by atoms with van der Waals surface area (Å²) in [7, 11) is 0. The third-order valence-corrected chi connectivity index (χ3v) is 6.54. The van der Waals surface area contributed by atoms with Gasteiger partial charge in [-0.2, -0.15) is 0 Å². The minimum atomic E-state index is 0.706. The van der Waals surface area contributed by atoms with E-state index < -0.39 is 0 Å². The first kappa shape index (κ1) is 21.7. The van der Waals surface area contributed by atoms with E-state index in [1.807, 2.05) is 36.5 Å². The van der Waals surface area contributed by atoms with Gasteiger partial charge in [0.15, 0.2) is 5.82 Å². The Hall–Kier alpha value is -3.81. The molecule has 0 saturated carbocycles. The highest BCUT2D eigenvalue weighted by Crippen LogP contribution is 2.23. The topological polar surface area (TPSA) is 60.5 Å². The number of hydrogen-bond acceptors (Lipinski definition) is 5. The van der Waals surface area contributed by atoms with Crippen LogP contribution in [-0.2, 0) is 17.8 Å². The first-order valence-corrected chi connectivity index (χ1v) is 12.1. The van der Waals surface area contributed by atoms with Crippen LogP contribution in [0.25, 0.3) is 22.1 Å². The highest BCUT2D eigenvalue weighted by atomic mass is 16.5. The van der Waals surface area contributed by atoms with Crippen molar-refractivity contribution in [2.24, 2.45) is 4.99 Å². The maximum absolute atomic E-state index is 5.50. The number of morpholine rings is 1. The molecule has 0 atom stereocenters. The number of hydrogen-bond donors (Lipinski definition) is 0. The van der Waals surface area contributed by atoms with Crippen LogP contribution in [-0.4, -0.2) is 63.1 Å². The Morgan fingerprint density at radius 1 is 0.743 bits per heavy atom. The summed E-state index contributed by atoms with van der Waals surface area (Å²) in [5.41, 5.74) is 5.34. The van der Waals surface area contributed by atoms with Gasteiger partial charge in [-0.05, 0) is 29.8 Å². The van der Waals surface area contributed by atoms with Gasteiger partial charge in [0.1, 0.15) is 0 Å². The molecule has 3 heterocycles. The SMILES string of the molecule is C(=N\c1nc2ccccc2n1CCN1CCOCC1)/c1nc2ccccc2n1Cc1ccccc1. The zero-order valence-corrected chi connectivity index (χ0v) is 19.6. The Labute approximate surface area is 204 Å². The molecule has 0 bridgehead atoms. The van der Waals surface area contributed by atoms with Crippen LogP contribution in [0.4, 0.5) is 5.95 Å². The summed E-state index contributed by atoms with van der Waals surface area (Å²) < 4.78 is 9.93. The molecule has 0 aliphatic carbocycles. The normalized spacial score (nSPS) is 15.0. The molecule has 1 aliphatic heterocycles. The first-order valence-electron chi connectivity index (χ1n) is 12.1. The Morgan fingerprint density at radius 2 is 1.40 bits per heavy atom. The maximum atomic E-state index is 5.50. The van der Waals surface area contributed by atoms with Gasteiger partial charge in [0.2, 0.25) is 5.95 Å². The molecule has 7 heteroatoms. The van der Waals surface area contributed by atoms with Crippen molar-refractivity contribution in [3.8, 4) is 0 Å². The average Bonchev–Trinajstić information content (AvgIpc) is 3.45. The van der Waals surface area contributed by atoms with E-state index in [0.717, 1.165) is 73.8 Å². The van der Waals surface area contributed by atoms with Crippen molar-refractivity contribution in [1.29, 1.82) is 0 Å². The highest BCUT2D eigenvalue weighted by molar-refractivity contribution is 5.87. The molecule has 6 rings (SSSR count). The van der Waals surface area contributed by atoms with Crippen LogP contribution in [0.3, 0.4) is 0 Å². The lowest BCUT2D eigenvalue weighted by Gasteiger charge is -2.26. The van der Waals surface area contributed by atoms with E-state index in [2.05, 4.69) is 62.6 Å². The largest absolute Gasteiger partial charge is 0.379 e. The molecule has 2 aromatic heterocycles. The van der Waals surface area contributed by atoms with Crippen LogP contribution in [0.15, 0.2) is 83.9 Å². The summed E-state index contributed by atoms with van der Waals surface area (Å²) in [6.07, 6.45) is 1.86. The van der Waals surface area contributed by atoms with Crippen LogP contribution < -0.4 is 0 Å². The fourth-order valence-corrected chi connectivity index (χ4v) is 4.69. The molecule has 7 nitrogen and oxygen atoms in total. The molecule has 1 fully saturated rings. The van der Waals surface area contributed by atoms with E-state index in [-0.39, 0.29) is 0 Å². The van der Waals surface area contributed by atoms with Crippen LogP contribution in [0, 0.1) is 0 Å². The van der Waals surface area contributed by atoms with Crippen molar-refractivity contribution in [2.75, 3.05) is 32.8 Å². The average molecular weight is 465 g/mol. The second kappa shape index (κ2) is 9.82. The van der Waals surface area contributed by atoms with Crippen LogP contribution in [0.1, 0.15) is 11.4 Å². The second-order valence-corrected chi connectivity index (χ2v) is 8.79. The smallest absolute Gasteiger partial charge is 0.230 e. The summed E-state index contributed by atoms with van der Waals surface area (Å²) in [6, 6.07) is 26.9. The van der Waals surface area contributed by atoms with Gasteiger partial charge in [-0.1, -0.05) is 54.6 Å². The number of ether oxygens (including phenoxy) is 1. The standard InChI is InChI=1S/C28H28N6O/c1-2-8-22(9-3-1)21-34-26-13-7-4-10-23(26)30-27(34)20-29-28-31-24-11-5-6-12-25(24)33(28)15-14-32-16-18-35-19-17-32/h1-13,20H,14-19,21H2/b29-20+. The lowest BCUT2D eigenvalue weighted by molar-refractivity contribution is 0.0366. The maximum Gasteiger partial charge on any atom is 0.230 e. The third kappa shape index (κ3) is 4.60. The van der Waals surface area contributed by atoms with E-state index in [9.17, 15) is 0 Å². The van der Waals surface area contributed by atoms with Crippen molar-refractivity contribution in [2.45, 2.75) is 13.1 Å². The molecule has 0 unspecified atom stereocenters. The zero-order chi connectivity index (χ0) is 23.5. The van der Waals surface area contributed by atoms with Gasteiger partial charge in [-0.25, -0.2) is 15.0 Å². The summed E-state index contributed by atoms with van der Waals surface area (Å²) in [4.78, 5) is 17.0. The Bertz CT molecular complexity index is 1460. The van der Waals surface area contributed by atoms with Crippen LogP contribution in [0.2, 0.25) is 0 Å². The number of para-hydroxylation sites is 4. The molecule has 0 N–H and O–H groups in total. The number of aromatic nitrogens is 4. The molecule has 0 amide bonds. The molecular weight excluding hydrogens is 436 g/mol. The number of nitrogens with zero attached hydrogens (tertiary/aromatic N) is 6. The van der Waals surface area contributed by atoms with Gasteiger partial charge in [-0.3, -0.25) is 4.90 Å². The number of fused-ring (bicyclic) bond motifs is 2. The molecule has 1 aliphatic rings. The second-order valence-electron chi connectivity index (χ2n) is 8.79. The molecule has 35 heavy (non-hydrogen) atoms. The van der Waals surface area contributed by atoms with Crippen molar-refractivity contribution in [3.63, 3.8) is 0 Å².